The van der Waals surface area contributed by atoms with E-state index in [-0.39, 0.29) is 17.9 Å². The number of amides is 2. The number of nitrogens with zero attached hydrogens (tertiary/aromatic N) is 1. The average molecular weight is 387 g/mol. The average Bonchev–Trinajstić information content (AvgIpc) is 2.64. The van der Waals surface area contributed by atoms with Crippen LogP contribution in [-0.4, -0.2) is 28.8 Å². The second-order valence-corrected chi connectivity index (χ2v) is 7.31. The van der Waals surface area contributed by atoms with Gasteiger partial charge >= 0.3 is 0 Å². The fraction of sp³-hybridized carbons (Fsp3) is 0.364. The van der Waals surface area contributed by atoms with Gasteiger partial charge in [-0.25, -0.2) is 0 Å². The molecule has 0 aromatic heterocycles. The quantitative estimate of drug-likeness (QED) is 0.738. The lowest BCUT2D eigenvalue weighted by Gasteiger charge is -2.32. The number of benzene rings is 2. The monoisotopic (exact) mass is 386 g/mol. The molecule has 4 nitrogen and oxygen atoms in total. The van der Waals surface area contributed by atoms with Crippen LogP contribution in [0.3, 0.4) is 0 Å². The molecule has 2 rings (SSSR count). The normalized spacial score (nSPS) is 11.9. The summed E-state index contributed by atoms with van der Waals surface area (Å²) < 4.78 is 0. The SMILES string of the molecule is CCC(=O)N(Cc1cccc(Cl)c1)[C@@H](Cc1ccccc1)C(=O)NC(C)C. The van der Waals surface area contributed by atoms with Crippen molar-refractivity contribution in [1.82, 2.24) is 10.2 Å². The van der Waals surface area contributed by atoms with E-state index in [0.717, 1.165) is 11.1 Å². The number of nitrogens with one attached hydrogen (secondary N) is 1. The Morgan fingerprint density at radius 2 is 1.70 bits per heavy atom. The fourth-order valence-electron chi connectivity index (χ4n) is 2.97. The van der Waals surface area contributed by atoms with Gasteiger partial charge in [-0.15, -0.1) is 0 Å². The molecular formula is C22H27ClN2O2. The lowest BCUT2D eigenvalue weighted by Crippen LogP contribution is -2.51. The van der Waals surface area contributed by atoms with Crippen molar-refractivity contribution in [2.75, 3.05) is 0 Å². The maximum Gasteiger partial charge on any atom is 0.243 e. The van der Waals surface area contributed by atoms with Gasteiger partial charge in [-0.05, 0) is 37.1 Å². The summed E-state index contributed by atoms with van der Waals surface area (Å²) in [5.41, 5.74) is 1.92. The standard InChI is InChI=1S/C22H27ClN2O2/c1-4-21(26)25(15-18-11-8-12-19(23)13-18)20(22(27)24-16(2)3)14-17-9-6-5-7-10-17/h5-13,16,20H,4,14-15H2,1-3H3,(H,24,27)/t20-/m0/s1. The van der Waals surface area contributed by atoms with Gasteiger partial charge in [-0.1, -0.05) is 61.0 Å². The number of rotatable bonds is 8. The van der Waals surface area contributed by atoms with Crippen molar-refractivity contribution >= 4 is 23.4 Å². The molecule has 0 bridgehead atoms. The van der Waals surface area contributed by atoms with Crippen LogP contribution >= 0.6 is 11.6 Å². The van der Waals surface area contributed by atoms with Crippen LogP contribution in [0.2, 0.25) is 5.02 Å². The third kappa shape index (κ3) is 6.40. The summed E-state index contributed by atoms with van der Waals surface area (Å²) in [6.45, 7) is 5.99. The Labute approximate surface area is 166 Å². The van der Waals surface area contributed by atoms with Crippen molar-refractivity contribution in [1.29, 1.82) is 0 Å². The predicted molar refractivity (Wildman–Crippen MR) is 110 cm³/mol. The summed E-state index contributed by atoms with van der Waals surface area (Å²) in [6.07, 6.45) is 0.798. The summed E-state index contributed by atoms with van der Waals surface area (Å²) in [6, 6.07) is 16.6. The molecule has 0 aliphatic carbocycles. The molecule has 0 fully saturated rings. The first kappa shape index (κ1) is 21.0. The Morgan fingerprint density at radius 3 is 2.30 bits per heavy atom. The largest absolute Gasteiger partial charge is 0.352 e. The second-order valence-electron chi connectivity index (χ2n) is 6.87. The van der Waals surface area contributed by atoms with Crippen LogP contribution in [0.5, 0.6) is 0 Å². The Kier molecular flexibility index (Phi) is 7.86. The Hall–Kier alpha value is -2.33. The van der Waals surface area contributed by atoms with E-state index >= 15 is 0 Å². The van der Waals surface area contributed by atoms with Gasteiger partial charge in [0.2, 0.25) is 11.8 Å². The number of hydrogen-bond acceptors (Lipinski definition) is 2. The molecule has 0 unspecified atom stereocenters. The van der Waals surface area contributed by atoms with Gasteiger partial charge in [0.15, 0.2) is 0 Å². The molecule has 27 heavy (non-hydrogen) atoms. The number of halogens is 1. The first-order valence-electron chi connectivity index (χ1n) is 9.29. The molecule has 0 saturated heterocycles. The first-order chi connectivity index (χ1) is 12.9. The molecule has 0 saturated carbocycles. The number of hydrogen-bond donors (Lipinski definition) is 1. The molecule has 5 heteroatoms. The first-order valence-corrected chi connectivity index (χ1v) is 9.66. The minimum Gasteiger partial charge on any atom is -0.352 e. The van der Waals surface area contributed by atoms with Crippen molar-refractivity contribution in [2.45, 2.75) is 52.2 Å². The van der Waals surface area contributed by atoms with Crippen LogP contribution < -0.4 is 5.32 Å². The minimum absolute atomic E-state index is 0.000483. The summed E-state index contributed by atoms with van der Waals surface area (Å²) in [7, 11) is 0. The molecule has 0 radical (unpaired) electrons. The molecular weight excluding hydrogens is 360 g/mol. The minimum atomic E-state index is -0.582. The lowest BCUT2D eigenvalue weighted by molar-refractivity contribution is -0.141. The summed E-state index contributed by atoms with van der Waals surface area (Å²) >= 11 is 6.10. The van der Waals surface area contributed by atoms with Gasteiger partial charge in [0.05, 0.1) is 0 Å². The Morgan fingerprint density at radius 1 is 1.04 bits per heavy atom. The zero-order chi connectivity index (χ0) is 19.8. The van der Waals surface area contributed by atoms with E-state index in [9.17, 15) is 9.59 Å². The molecule has 2 aromatic rings. The van der Waals surface area contributed by atoms with Gasteiger partial charge < -0.3 is 10.2 Å². The van der Waals surface area contributed by atoms with Gasteiger partial charge in [0, 0.05) is 30.5 Å². The third-order valence-corrected chi connectivity index (χ3v) is 4.48. The molecule has 0 aliphatic rings. The summed E-state index contributed by atoms with van der Waals surface area (Å²) in [5, 5.41) is 3.57. The van der Waals surface area contributed by atoms with E-state index < -0.39 is 6.04 Å². The smallest absolute Gasteiger partial charge is 0.243 e. The highest BCUT2D eigenvalue weighted by atomic mass is 35.5. The summed E-state index contributed by atoms with van der Waals surface area (Å²) in [4.78, 5) is 27.3. The Balaban J connectivity index is 2.35. The van der Waals surface area contributed by atoms with Gasteiger partial charge in [0.25, 0.3) is 0 Å². The van der Waals surface area contributed by atoms with Crippen LogP contribution in [0.25, 0.3) is 0 Å². The van der Waals surface area contributed by atoms with Gasteiger partial charge in [-0.2, -0.15) is 0 Å². The zero-order valence-electron chi connectivity index (χ0n) is 16.1. The molecule has 0 aliphatic heterocycles. The third-order valence-electron chi connectivity index (χ3n) is 4.25. The van der Waals surface area contributed by atoms with Crippen LogP contribution in [0.15, 0.2) is 54.6 Å². The number of carbonyl (C=O) groups is 2. The summed E-state index contributed by atoms with van der Waals surface area (Å²) in [5.74, 6) is -0.201. The van der Waals surface area contributed by atoms with Crippen molar-refractivity contribution in [3.8, 4) is 0 Å². The maximum atomic E-state index is 12.9. The number of carbonyl (C=O) groups excluding carboxylic acids is 2. The van der Waals surface area contributed by atoms with Crippen molar-refractivity contribution in [3.63, 3.8) is 0 Å². The molecule has 0 heterocycles. The predicted octanol–water partition coefficient (Wildman–Crippen LogP) is 4.21. The van der Waals surface area contributed by atoms with Crippen LogP contribution in [-0.2, 0) is 22.6 Å². The highest BCUT2D eigenvalue weighted by Gasteiger charge is 2.29. The molecule has 2 aromatic carbocycles. The topological polar surface area (TPSA) is 49.4 Å². The maximum absolute atomic E-state index is 12.9. The molecule has 144 valence electrons. The molecule has 0 spiro atoms. The van der Waals surface area contributed by atoms with Crippen LogP contribution in [0.4, 0.5) is 0 Å². The van der Waals surface area contributed by atoms with Gasteiger partial charge in [0.1, 0.15) is 6.04 Å². The molecule has 1 atom stereocenters. The highest BCUT2D eigenvalue weighted by molar-refractivity contribution is 6.30. The fourth-order valence-corrected chi connectivity index (χ4v) is 3.18. The van der Waals surface area contributed by atoms with Crippen molar-refractivity contribution in [3.05, 3.63) is 70.7 Å². The Bertz CT molecular complexity index is 762. The van der Waals surface area contributed by atoms with Crippen molar-refractivity contribution < 1.29 is 9.59 Å². The van der Waals surface area contributed by atoms with Crippen LogP contribution in [0, 0.1) is 0 Å². The van der Waals surface area contributed by atoms with E-state index in [1.807, 2.05) is 69.3 Å². The lowest BCUT2D eigenvalue weighted by atomic mass is 10.0. The zero-order valence-corrected chi connectivity index (χ0v) is 16.9. The van der Waals surface area contributed by atoms with E-state index in [1.165, 1.54) is 0 Å². The van der Waals surface area contributed by atoms with E-state index in [2.05, 4.69) is 5.32 Å². The van der Waals surface area contributed by atoms with Crippen molar-refractivity contribution in [2.24, 2.45) is 0 Å². The van der Waals surface area contributed by atoms with E-state index in [1.54, 1.807) is 11.0 Å². The van der Waals surface area contributed by atoms with Crippen LogP contribution in [0.1, 0.15) is 38.3 Å². The van der Waals surface area contributed by atoms with E-state index in [4.69, 9.17) is 11.6 Å². The molecule has 1 N–H and O–H groups in total. The van der Waals surface area contributed by atoms with Gasteiger partial charge in [-0.3, -0.25) is 9.59 Å². The molecule has 2 amide bonds. The highest BCUT2D eigenvalue weighted by Crippen LogP contribution is 2.18. The van der Waals surface area contributed by atoms with E-state index in [0.29, 0.717) is 24.4 Å². The second kappa shape index (κ2) is 10.1.